The Bertz CT molecular complexity index is 308. The zero-order valence-corrected chi connectivity index (χ0v) is 10.0. The molecule has 2 fully saturated rings. The van der Waals surface area contributed by atoms with Crippen molar-refractivity contribution in [3.63, 3.8) is 0 Å². The molecule has 6 nitrogen and oxygen atoms in total. The number of likely N-dealkylation sites (tertiary alicyclic amines) is 1. The summed E-state index contributed by atoms with van der Waals surface area (Å²) in [5, 5.41) is 2.64. The highest BCUT2D eigenvalue weighted by molar-refractivity contribution is 5.96. The smallest absolute Gasteiger partial charge is 0.324 e. The Hall–Kier alpha value is -1.14. The van der Waals surface area contributed by atoms with Crippen molar-refractivity contribution in [2.75, 3.05) is 32.7 Å². The van der Waals surface area contributed by atoms with Crippen molar-refractivity contribution in [1.29, 1.82) is 0 Å². The molecule has 0 spiro atoms. The third-order valence-electron chi connectivity index (χ3n) is 3.52. The van der Waals surface area contributed by atoms with Gasteiger partial charge in [0.2, 0.25) is 5.91 Å². The van der Waals surface area contributed by atoms with Crippen LogP contribution in [0.4, 0.5) is 4.79 Å². The summed E-state index contributed by atoms with van der Waals surface area (Å²) in [6.07, 6.45) is 3.34. The van der Waals surface area contributed by atoms with E-state index in [0.717, 1.165) is 19.4 Å². The van der Waals surface area contributed by atoms with E-state index in [9.17, 15) is 9.59 Å². The average Bonchev–Trinajstić information content (AvgIpc) is 2.76. The van der Waals surface area contributed by atoms with Crippen LogP contribution >= 0.6 is 0 Å². The number of nitrogens with zero attached hydrogens (tertiary/aromatic N) is 2. The van der Waals surface area contributed by atoms with Crippen LogP contribution in [-0.2, 0) is 4.79 Å². The number of carbonyl (C=O) groups excluding carboxylic acids is 2. The first-order chi connectivity index (χ1) is 8.22. The molecule has 3 amide bonds. The number of nitrogens with one attached hydrogen (secondary N) is 1. The van der Waals surface area contributed by atoms with E-state index in [1.165, 1.54) is 11.3 Å². The van der Waals surface area contributed by atoms with Gasteiger partial charge in [0.1, 0.15) is 0 Å². The average molecular weight is 240 g/mol. The molecule has 0 aromatic heterocycles. The normalized spacial score (nSPS) is 26.1. The van der Waals surface area contributed by atoms with Crippen LogP contribution in [0.5, 0.6) is 0 Å². The van der Waals surface area contributed by atoms with Gasteiger partial charge in [-0.3, -0.25) is 14.6 Å². The molecule has 0 aromatic rings. The van der Waals surface area contributed by atoms with Gasteiger partial charge in [-0.05, 0) is 19.4 Å². The fraction of sp³-hybridized carbons (Fsp3) is 0.818. The second-order valence-corrected chi connectivity index (χ2v) is 4.63. The molecule has 96 valence electrons. The van der Waals surface area contributed by atoms with E-state index >= 15 is 0 Å². The minimum Gasteiger partial charge on any atom is -0.336 e. The standard InChI is InChI=1S/C11H20N4O2/c12-7-9-3-1-2-5-14(9)8-10(16)15-6-4-13-11(15)17/h9H,1-8,12H2,(H,13,17). The Kier molecular flexibility index (Phi) is 3.96. The van der Waals surface area contributed by atoms with Gasteiger partial charge >= 0.3 is 6.03 Å². The fourth-order valence-corrected chi connectivity index (χ4v) is 2.50. The van der Waals surface area contributed by atoms with Crippen LogP contribution in [0.25, 0.3) is 0 Å². The second kappa shape index (κ2) is 5.46. The van der Waals surface area contributed by atoms with Gasteiger partial charge in [-0.1, -0.05) is 6.42 Å². The van der Waals surface area contributed by atoms with Gasteiger partial charge < -0.3 is 11.1 Å². The van der Waals surface area contributed by atoms with Crippen molar-refractivity contribution >= 4 is 11.9 Å². The lowest BCUT2D eigenvalue weighted by Crippen LogP contribution is -2.49. The van der Waals surface area contributed by atoms with Crippen LogP contribution in [0, 0.1) is 0 Å². The van der Waals surface area contributed by atoms with Crippen LogP contribution in [0.15, 0.2) is 0 Å². The van der Waals surface area contributed by atoms with Gasteiger partial charge in [0, 0.05) is 25.7 Å². The van der Waals surface area contributed by atoms with E-state index in [0.29, 0.717) is 32.2 Å². The third-order valence-corrected chi connectivity index (χ3v) is 3.52. The van der Waals surface area contributed by atoms with Crippen molar-refractivity contribution in [1.82, 2.24) is 15.1 Å². The Balaban J connectivity index is 1.90. The first-order valence-corrected chi connectivity index (χ1v) is 6.24. The molecule has 0 aromatic carbocycles. The molecule has 3 N–H and O–H groups in total. The SMILES string of the molecule is NCC1CCCCN1CC(=O)N1CCNC1=O. The summed E-state index contributed by atoms with van der Waals surface area (Å²) in [6.45, 7) is 2.85. The number of urea groups is 1. The van der Waals surface area contributed by atoms with E-state index in [4.69, 9.17) is 5.73 Å². The summed E-state index contributed by atoms with van der Waals surface area (Å²) in [7, 11) is 0. The minimum absolute atomic E-state index is 0.111. The molecule has 0 aliphatic carbocycles. The predicted molar refractivity (Wildman–Crippen MR) is 63.4 cm³/mol. The molecule has 2 rings (SSSR count). The highest BCUT2D eigenvalue weighted by atomic mass is 16.2. The topological polar surface area (TPSA) is 78.7 Å². The summed E-state index contributed by atoms with van der Waals surface area (Å²) >= 11 is 0. The Morgan fingerprint density at radius 3 is 2.88 bits per heavy atom. The number of rotatable bonds is 3. The van der Waals surface area contributed by atoms with E-state index in [1.54, 1.807) is 0 Å². The number of nitrogens with two attached hydrogens (primary N) is 1. The predicted octanol–water partition coefficient (Wildman–Crippen LogP) is -0.649. The van der Waals surface area contributed by atoms with Crippen molar-refractivity contribution in [2.24, 2.45) is 5.73 Å². The molecular formula is C11H20N4O2. The number of hydrogen-bond donors (Lipinski definition) is 2. The maximum atomic E-state index is 12.0. The lowest BCUT2D eigenvalue weighted by Gasteiger charge is -2.34. The Morgan fingerprint density at radius 2 is 2.24 bits per heavy atom. The molecule has 0 saturated carbocycles. The third kappa shape index (κ3) is 2.76. The number of carbonyl (C=O) groups is 2. The summed E-state index contributed by atoms with van der Waals surface area (Å²) in [5.41, 5.74) is 5.70. The lowest BCUT2D eigenvalue weighted by atomic mass is 10.0. The van der Waals surface area contributed by atoms with Crippen LogP contribution in [0.1, 0.15) is 19.3 Å². The van der Waals surface area contributed by atoms with Gasteiger partial charge in [-0.25, -0.2) is 4.79 Å². The second-order valence-electron chi connectivity index (χ2n) is 4.63. The maximum Gasteiger partial charge on any atom is 0.324 e. The van der Waals surface area contributed by atoms with E-state index in [-0.39, 0.29) is 11.9 Å². The minimum atomic E-state index is -0.267. The van der Waals surface area contributed by atoms with E-state index < -0.39 is 0 Å². The molecule has 2 heterocycles. The van der Waals surface area contributed by atoms with Crippen LogP contribution in [0.3, 0.4) is 0 Å². The highest BCUT2D eigenvalue weighted by Crippen LogP contribution is 2.16. The molecular weight excluding hydrogens is 220 g/mol. The summed E-state index contributed by atoms with van der Waals surface area (Å²) in [4.78, 5) is 26.7. The Morgan fingerprint density at radius 1 is 1.41 bits per heavy atom. The number of amides is 3. The number of hydrogen-bond acceptors (Lipinski definition) is 4. The van der Waals surface area contributed by atoms with Crippen LogP contribution < -0.4 is 11.1 Å². The quantitative estimate of drug-likeness (QED) is 0.687. The number of imide groups is 1. The first-order valence-electron chi connectivity index (χ1n) is 6.24. The summed E-state index contributed by atoms with van der Waals surface area (Å²) in [5.74, 6) is -0.111. The van der Waals surface area contributed by atoms with Crippen molar-refractivity contribution in [3.05, 3.63) is 0 Å². The molecule has 6 heteroatoms. The molecule has 1 atom stereocenters. The summed E-state index contributed by atoms with van der Waals surface area (Å²) in [6, 6.07) is 0.0228. The zero-order chi connectivity index (χ0) is 12.3. The van der Waals surface area contributed by atoms with Gasteiger partial charge in [0.25, 0.3) is 0 Å². The molecule has 2 aliphatic rings. The van der Waals surface area contributed by atoms with Gasteiger partial charge in [0.05, 0.1) is 6.54 Å². The van der Waals surface area contributed by atoms with Crippen molar-refractivity contribution < 1.29 is 9.59 Å². The first kappa shape index (κ1) is 12.3. The molecule has 1 unspecified atom stereocenters. The number of piperidine rings is 1. The lowest BCUT2D eigenvalue weighted by molar-refractivity contribution is -0.129. The molecule has 0 bridgehead atoms. The van der Waals surface area contributed by atoms with Crippen molar-refractivity contribution in [3.8, 4) is 0 Å². The van der Waals surface area contributed by atoms with Crippen molar-refractivity contribution in [2.45, 2.75) is 25.3 Å². The molecule has 2 saturated heterocycles. The summed E-state index contributed by atoms with van der Waals surface area (Å²) < 4.78 is 0. The highest BCUT2D eigenvalue weighted by Gasteiger charge is 2.30. The fourth-order valence-electron chi connectivity index (χ4n) is 2.50. The van der Waals surface area contributed by atoms with Crippen LogP contribution in [0.2, 0.25) is 0 Å². The monoisotopic (exact) mass is 240 g/mol. The van der Waals surface area contributed by atoms with E-state index in [2.05, 4.69) is 10.2 Å². The molecule has 17 heavy (non-hydrogen) atoms. The molecule has 2 aliphatic heterocycles. The molecule has 0 radical (unpaired) electrons. The van der Waals surface area contributed by atoms with Gasteiger partial charge in [0.15, 0.2) is 0 Å². The van der Waals surface area contributed by atoms with E-state index in [1.807, 2.05) is 0 Å². The zero-order valence-electron chi connectivity index (χ0n) is 10.0. The largest absolute Gasteiger partial charge is 0.336 e. The van der Waals surface area contributed by atoms with Gasteiger partial charge in [-0.2, -0.15) is 0 Å². The van der Waals surface area contributed by atoms with Gasteiger partial charge in [-0.15, -0.1) is 0 Å². The maximum absolute atomic E-state index is 12.0. The Labute approximate surface area is 101 Å². The van der Waals surface area contributed by atoms with Crippen LogP contribution in [-0.4, -0.2) is 60.5 Å².